The molecule has 2 N–H and O–H groups in total. The maximum Gasteiger partial charge on any atom is 0.338 e. The van der Waals surface area contributed by atoms with Crippen molar-refractivity contribution in [2.24, 2.45) is 0 Å². The number of halogens is 2. The van der Waals surface area contributed by atoms with Crippen LogP contribution in [0.25, 0.3) is 0 Å². The molecule has 1 heterocycles. The Hall–Kier alpha value is -2.61. The number of aromatic nitrogens is 2. The zero-order valence-electron chi connectivity index (χ0n) is 15.5. The Labute approximate surface area is 183 Å². The first-order chi connectivity index (χ1) is 14.0. The first-order valence-electron chi connectivity index (χ1n) is 8.78. The highest BCUT2D eigenvalue weighted by Gasteiger charge is 2.09. The zero-order valence-corrected chi connectivity index (χ0v) is 17.8. The lowest BCUT2D eigenvalue weighted by Crippen LogP contribution is -2.19. The van der Waals surface area contributed by atoms with E-state index in [0.29, 0.717) is 39.7 Å². The van der Waals surface area contributed by atoms with Gasteiger partial charge in [0.1, 0.15) is 0 Å². The lowest BCUT2D eigenvalue weighted by Gasteiger charge is -2.10. The number of nitrogens with zero attached hydrogens (tertiary/aromatic N) is 2. The van der Waals surface area contributed by atoms with Gasteiger partial charge in [-0.25, -0.2) is 4.79 Å². The largest absolute Gasteiger partial charge is 0.462 e. The molecular formula is C20H18Cl2N4O2S. The molecular weight excluding hydrogens is 431 g/mol. The van der Waals surface area contributed by atoms with Crippen molar-refractivity contribution < 1.29 is 9.53 Å². The molecule has 2 aromatic carbocycles. The first-order valence-corrected chi connectivity index (χ1v) is 9.94. The number of anilines is 2. The van der Waals surface area contributed by atoms with Gasteiger partial charge in [-0.1, -0.05) is 29.3 Å². The van der Waals surface area contributed by atoms with Gasteiger partial charge in [0.25, 0.3) is 0 Å². The van der Waals surface area contributed by atoms with Gasteiger partial charge in [-0.3, -0.25) is 4.68 Å². The molecule has 1 aromatic heterocycles. The van der Waals surface area contributed by atoms with Crippen LogP contribution < -0.4 is 10.6 Å². The predicted molar refractivity (Wildman–Crippen MR) is 120 cm³/mol. The van der Waals surface area contributed by atoms with Gasteiger partial charge in [0.05, 0.1) is 18.7 Å². The Morgan fingerprint density at radius 3 is 2.45 bits per heavy atom. The molecule has 9 heteroatoms. The Morgan fingerprint density at radius 1 is 1.10 bits per heavy atom. The van der Waals surface area contributed by atoms with E-state index >= 15 is 0 Å². The first kappa shape index (κ1) is 21.1. The smallest absolute Gasteiger partial charge is 0.338 e. The van der Waals surface area contributed by atoms with Crippen LogP contribution in [0.4, 0.5) is 11.5 Å². The van der Waals surface area contributed by atoms with Crippen molar-refractivity contribution in [2.75, 3.05) is 17.2 Å². The van der Waals surface area contributed by atoms with Gasteiger partial charge in [0.15, 0.2) is 10.9 Å². The van der Waals surface area contributed by atoms with Crippen LogP contribution in [-0.4, -0.2) is 27.5 Å². The van der Waals surface area contributed by atoms with Gasteiger partial charge in [-0.05, 0) is 55.5 Å². The highest BCUT2D eigenvalue weighted by molar-refractivity contribution is 7.80. The fraction of sp³-hybridized carbons (Fsp3) is 0.150. The number of ether oxygens (including phenoxy) is 1. The molecule has 0 amide bonds. The molecule has 0 saturated heterocycles. The number of thiocarbonyl (C=S) groups is 1. The van der Waals surface area contributed by atoms with E-state index in [2.05, 4.69) is 15.7 Å². The third kappa shape index (κ3) is 5.69. The molecule has 150 valence electrons. The summed E-state index contributed by atoms with van der Waals surface area (Å²) in [5.74, 6) is 0.220. The Kier molecular flexibility index (Phi) is 7.09. The van der Waals surface area contributed by atoms with Gasteiger partial charge in [0.2, 0.25) is 0 Å². The van der Waals surface area contributed by atoms with E-state index in [1.54, 1.807) is 66.3 Å². The number of benzene rings is 2. The minimum Gasteiger partial charge on any atom is -0.462 e. The van der Waals surface area contributed by atoms with Crippen LogP contribution in [0.5, 0.6) is 0 Å². The van der Waals surface area contributed by atoms with Gasteiger partial charge in [-0.2, -0.15) is 5.10 Å². The van der Waals surface area contributed by atoms with E-state index in [4.69, 9.17) is 40.2 Å². The van der Waals surface area contributed by atoms with E-state index in [1.165, 1.54) is 0 Å². The summed E-state index contributed by atoms with van der Waals surface area (Å²) in [6.45, 7) is 2.54. The van der Waals surface area contributed by atoms with E-state index in [1.807, 2.05) is 0 Å². The SMILES string of the molecule is CCOC(=O)c1ccc(NC(=S)Nc2ccn(Cc3c(Cl)cccc3Cl)n2)cc1. The Bertz CT molecular complexity index is 1000. The highest BCUT2D eigenvalue weighted by atomic mass is 35.5. The lowest BCUT2D eigenvalue weighted by molar-refractivity contribution is 0.0526. The monoisotopic (exact) mass is 448 g/mol. The average molecular weight is 449 g/mol. The third-order valence-electron chi connectivity index (χ3n) is 3.92. The quantitative estimate of drug-likeness (QED) is 0.397. The van der Waals surface area contributed by atoms with Crippen molar-refractivity contribution in [1.29, 1.82) is 0 Å². The second-order valence-corrected chi connectivity index (χ2v) is 7.20. The van der Waals surface area contributed by atoms with E-state index in [-0.39, 0.29) is 5.97 Å². The minimum atomic E-state index is -0.357. The number of carbonyl (C=O) groups excluding carboxylic acids is 1. The summed E-state index contributed by atoms with van der Waals surface area (Å²) >= 11 is 17.7. The number of nitrogens with one attached hydrogen (secondary N) is 2. The summed E-state index contributed by atoms with van der Waals surface area (Å²) < 4.78 is 6.68. The highest BCUT2D eigenvalue weighted by Crippen LogP contribution is 2.25. The minimum absolute atomic E-state index is 0.335. The number of rotatable bonds is 6. The molecule has 6 nitrogen and oxygen atoms in total. The van der Waals surface area contributed by atoms with Crippen LogP contribution in [-0.2, 0) is 11.3 Å². The Morgan fingerprint density at radius 2 is 1.79 bits per heavy atom. The molecule has 0 aliphatic rings. The Balaban J connectivity index is 1.58. The number of carbonyl (C=O) groups is 1. The molecule has 0 aliphatic carbocycles. The van der Waals surface area contributed by atoms with Gasteiger partial charge < -0.3 is 15.4 Å². The summed E-state index contributed by atoms with van der Waals surface area (Å²) in [6, 6.07) is 14.0. The van der Waals surface area contributed by atoms with E-state index in [0.717, 1.165) is 11.3 Å². The fourth-order valence-electron chi connectivity index (χ4n) is 2.54. The van der Waals surface area contributed by atoms with Gasteiger partial charge >= 0.3 is 5.97 Å². The molecule has 0 aliphatic heterocycles. The van der Waals surface area contributed by atoms with Crippen molar-refractivity contribution in [2.45, 2.75) is 13.5 Å². The fourth-order valence-corrected chi connectivity index (χ4v) is 3.28. The maximum absolute atomic E-state index is 11.7. The maximum atomic E-state index is 11.7. The molecule has 0 atom stereocenters. The van der Waals surface area contributed by atoms with Crippen LogP contribution in [0.3, 0.4) is 0 Å². The van der Waals surface area contributed by atoms with Gasteiger partial charge in [-0.15, -0.1) is 0 Å². The third-order valence-corrected chi connectivity index (χ3v) is 4.83. The van der Waals surface area contributed by atoms with Crippen LogP contribution in [0.1, 0.15) is 22.8 Å². The van der Waals surface area contributed by atoms with Crippen LogP contribution >= 0.6 is 35.4 Å². The molecule has 0 bridgehead atoms. The van der Waals surface area contributed by atoms with Crippen molar-refractivity contribution in [1.82, 2.24) is 9.78 Å². The summed E-state index contributed by atoms with van der Waals surface area (Å²) in [6.07, 6.45) is 1.80. The molecule has 29 heavy (non-hydrogen) atoms. The summed E-state index contributed by atoms with van der Waals surface area (Å²) in [5.41, 5.74) is 2.01. The second kappa shape index (κ2) is 9.73. The molecule has 3 rings (SSSR count). The summed E-state index contributed by atoms with van der Waals surface area (Å²) in [7, 11) is 0. The molecule has 0 fully saturated rings. The summed E-state index contributed by atoms with van der Waals surface area (Å²) in [5, 5.41) is 12.0. The van der Waals surface area contributed by atoms with Crippen LogP contribution in [0.2, 0.25) is 10.0 Å². The second-order valence-electron chi connectivity index (χ2n) is 5.98. The lowest BCUT2D eigenvalue weighted by atomic mass is 10.2. The van der Waals surface area contributed by atoms with Crippen LogP contribution in [0, 0.1) is 0 Å². The van der Waals surface area contributed by atoms with Gasteiger partial charge in [0, 0.05) is 33.6 Å². The summed E-state index contributed by atoms with van der Waals surface area (Å²) in [4.78, 5) is 11.7. The number of hydrogen-bond donors (Lipinski definition) is 2. The van der Waals surface area contributed by atoms with Crippen molar-refractivity contribution in [3.8, 4) is 0 Å². The topological polar surface area (TPSA) is 68.2 Å². The molecule has 0 radical (unpaired) electrons. The van der Waals surface area contributed by atoms with E-state index < -0.39 is 0 Å². The van der Waals surface area contributed by atoms with Crippen molar-refractivity contribution in [3.63, 3.8) is 0 Å². The van der Waals surface area contributed by atoms with Crippen molar-refractivity contribution >= 4 is 58.0 Å². The molecule has 0 saturated carbocycles. The molecule has 0 unspecified atom stereocenters. The zero-order chi connectivity index (χ0) is 20.8. The molecule has 0 spiro atoms. The average Bonchev–Trinajstić information content (AvgIpc) is 3.12. The standard InChI is InChI=1S/C20H18Cl2N4O2S/c1-2-28-19(27)13-6-8-14(9-7-13)23-20(29)24-18-10-11-26(25-18)12-15-16(21)4-3-5-17(15)22/h3-11H,2,12H2,1H3,(H2,23,24,25,29). The van der Waals surface area contributed by atoms with Crippen molar-refractivity contribution in [3.05, 3.63) is 75.9 Å². The normalized spacial score (nSPS) is 10.4. The number of hydrogen-bond acceptors (Lipinski definition) is 4. The predicted octanol–water partition coefficient (Wildman–Crippen LogP) is 5.22. The van der Waals surface area contributed by atoms with E-state index in [9.17, 15) is 4.79 Å². The van der Waals surface area contributed by atoms with Crippen LogP contribution in [0.15, 0.2) is 54.7 Å². The molecule has 3 aromatic rings. The number of esters is 1.